The molecule has 5 heteroatoms. The Labute approximate surface area is 202 Å². The Kier molecular flexibility index (Phi) is 6.66. The van der Waals surface area contributed by atoms with Gasteiger partial charge in [-0.15, -0.1) is 0 Å². The number of nitrogens with zero attached hydrogens (tertiary/aromatic N) is 2. The number of aliphatic hydroxyl groups is 1. The predicted molar refractivity (Wildman–Crippen MR) is 137 cm³/mol. The third-order valence-electron chi connectivity index (χ3n) is 7.43. The molecule has 0 aliphatic carbocycles. The molecule has 0 bridgehead atoms. The maximum absolute atomic E-state index is 13.1. The predicted octanol–water partition coefficient (Wildman–Crippen LogP) is 5.12. The zero-order valence-corrected chi connectivity index (χ0v) is 19.7. The van der Waals surface area contributed by atoms with E-state index in [0.29, 0.717) is 6.54 Å². The van der Waals surface area contributed by atoms with Crippen LogP contribution in [0.2, 0.25) is 0 Å². The number of nitrogens with one attached hydrogen (secondary N) is 1. The van der Waals surface area contributed by atoms with Crippen LogP contribution >= 0.6 is 0 Å². The van der Waals surface area contributed by atoms with Gasteiger partial charge in [-0.3, -0.25) is 4.90 Å². The van der Waals surface area contributed by atoms with Gasteiger partial charge in [-0.2, -0.15) is 0 Å². The summed E-state index contributed by atoms with van der Waals surface area (Å²) in [4.78, 5) is 17.4. The monoisotopic (exact) mass is 455 g/mol. The first-order valence-corrected chi connectivity index (χ1v) is 12.3. The fraction of sp³-hybridized carbons (Fsp3) is 0.345. The summed E-state index contributed by atoms with van der Waals surface area (Å²) in [7, 11) is 0. The van der Waals surface area contributed by atoms with E-state index in [1.165, 1.54) is 22.3 Å². The highest BCUT2D eigenvalue weighted by molar-refractivity contribution is 5.89. The van der Waals surface area contributed by atoms with Gasteiger partial charge in [-0.1, -0.05) is 66.7 Å². The number of rotatable bonds is 4. The molecule has 0 spiro atoms. The Morgan fingerprint density at radius 1 is 0.941 bits per heavy atom. The highest BCUT2D eigenvalue weighted by atomic mass is 16.3. The maximum Gasteiger partial charge on any atom is 0.321 e. The Balaban J connectivity index is 1.36. The molecule has 3 aromatic rings. The number of para-hydroxylation sites is 1. The van der Waals surface area contributed by atoms with Crippen molar-refractivity contribution in [2.75, 3.05) is 31.6 Å². The van der Waals surface area contributed by atoms with E-state index in [4.69, 9.17) is 0 Å². The SMILES string of the molecule is Cc1ccccc1-c1ccc([C@H]2[C@@H](CO)N3CCCCN(C(=O)Nc4ccccc4)C[C@@H]23)cc1. The smallest absolute Gasteiger partial charge is 0.321 e. The zero-order chi connectivity index (χ0) is 23.5. The van der Waals surface area contributed by atoms with Crippen LogP contribution in [-0.2, 0) is 0 Å². The van der Waals surface area contributed by atoms with Crippen molar-refractivity contribution in [3.05, 3.63) is 90.0 Å². The van der Waals surface area contributed by atoms with Gasteiger partial charge >= 0.3 is 6.03 Å². The minimum absolute atomic E-state index is 0.0471. The number of aliphatic hydroxyl groups excluding tert-OH is 1. The lowest BCUT2D eigenvalue weighted by Crippen LogP contribution is -2.68. The molecule has 5 nitrogen and oxygen atoms in total. The summed E-state index contributed by atoms with van der Waals surface area (Å²) >= 11 is 0. The van der Waals surface area contributed by atoms with Crippen LogP contribution in [0.5, 0.6) is 0 Å². The molecule has 2 aliphatic heterocycles. The number of anilines is 1. The fourth-order valence-corrected chi connectivity index (χ4v) is 5.63. The van der Waals surface area contributed by atoms with E-state index in [0.717, 1.165) is 31.6 Å². The van der Waals surface area contributed by atoms with Gasteiger partial charge < -0.3 is 15.3 Å². The van der Waals surface area contributed by atoms with E-state index < -0.39 is 0 Å². The van der Waals surface area contributed by atoms with Gasteiger partial charge in [-0.05, 0) is 60.7 Å². The van der Waals surface area contributed by atoms with Crippen LogP contribution in [0.4, 0.5) is 10.5 Å². The molecule has 5 rings (SSSR count). The van der Waals surface area contributed by atoms with Gasteiger partial charge in [0.05, 0.1) is 6.61 Å². The number of carbonyl (C=O) groups excluding carboxylic acids is 1. The molecule has 0 unspecified atom stereocenters. The topological polar surface area (TPSA) is 55.8 Å². The third-order valence-corrected chi connectivity index (χ3v) is 7.43. The first-order valence-electron chi connectivity index (χ1n) is 12.3. The number of fused-ring (bicyclic) bond motifs is 1. The number of carbonyl (C=O) groups is 1. The van der Waals surface area contributed by atoms with Crippen molar-refractivity contribution < 1.29 is 9.90 Å². The minimum Gasteiger partial charge on any atom is -0.395 e. The summed E-state index contributed by atoms with van der Waals surface area (Å²) in [6.07, 6.45) is 2.00. The van der Waals surface area contributed by atoms with Crippen LogP contribution in [0.3, 0.4) is 0 Å². The van der Waals surface area contributed by atoms with Gasteiger partial charge in [0, 0.05) is 36.8 Å². The van der Waals surface area contributed by atoms with Crippen LogP contribution in [0.1, 0.15) is 29.9 Å². The lowest BCUT2D eigenvalue weighted by Gasteiger charge is -2.57. The molecule has 2 saturated heterocycles. The molecule has 34 heavy (non-hydrogen) atoms. The second-order valence-electron chi connectivity index (χ2n) is 9.47. The van der Waals surface area contributed by atoms with E-state index in [1.807, 2.05) is 35.2 Å². The van der Waals surface area contributed by atoms with E-state index >= 15 is 0 Å². The molecule has 3 atom stereocenters. The number of hydrogen-bond donors (Lipinski definition) is 2. The van der Waals surface area contributed by atoms with Crippen molar-refractivity contribution in [3.63, 3.8) is 0 Å². The zero-order valence-electron chi connectivity index (χ0n) is 19.7. The van der Waals surface area contributed by atoms with E-state index in [2.05, 4.69) is 65.7 Å². The molecule has 0 aromatic heterocycles. The molecule has 3 aromatic carbocycles. The number of hydrogen-bond acceptors (Lipinski definition) is 3. The van der Waals surface area contributed by atoms with Crippen LogP contribution in [0.25, 0.3) is 11.1 Å². The molecule has 2 fully saturated rings. The third kappa shape index (κ3) is 4.46. The number of urea groups is 1. The summed E-state index contributed by atoms with van der Waals surface area (Å²) in [6.45, 7) is 4.67. The Bertz CT molecular complexity index is 1120. The average Bonchev–Trinajstić information content (AvgIpc) is 2.84. The Hall–Kier alpha value is -3.15. The van der Waals surface area contributed by atoms with Crippen molar-refractivity contribution in [2.24, 2.45) is 0 Å². The Morgan fingerprint density at radius 3 is 2.38 bits per heavy atom. The van der Waals surface area contributed by atoms with Gasteiger partial charge in [0.2, 0.25) is 0 Å². The molecule has 0 saturated carbocycles. The van der Waals surface area contributed by atoms with Crippen molar-refractivity contribution in [3.8, 4) is 11.1 Å². The lowest BCUT2D eigenvalue weighted by molar-refractivity contribution is -0.0585. The standard InChI is InChI=1S/C29H33N3O2/c1-21-9-5-6-12-25(21)22-13-15-23(16-14-22)28-26-19-31(17-7-8-18-32(26)27(28)20-33)29(34)30-24-10-3-2-4-11-24/h2-6,9-16,26-28,33H,7-8,17-20H2,1H3,(H,30,34)/t26-,27+,28+/m0/s1. The van der Waals surface area contributed by atoms with Crippen LogP contribution in [0.15, 0.2) is 78.9 Å². The van der Waals surface area contributed by atoms with Crippen molar-refractivity contribution in [2.45, 2.75) is 37.8 Å². The molecule has 2 amide bonds. The first-order chi connectivity index (χ1) is 16.7. The van der Waals surface area contributed by atoms with E-state index in [1.54, 1.807) is 0 Å². The minimum atomic E-state index is -0.0471. The van der Waals surface area contributed by atoms with Crippen LogP contribution in [-0.4, -0.2) is 59.3 Å². The van der Waals surface area contributed by atoms with Crippen LogP contribution in [0, 0.1) is 6.92 Å². The maximum atomic E-state index is 13.1. The Morgan fingerprint density at radius 2 is 1.65 bits per heavy atom. The van der Waals surface area contributed by atoms with Crippen LogP contribution < -0.4 is 5.32 Å². The molecule has 176 valence electrons. The van der Waals surface area contributed by atoms with Crippen molar-refractivity contribution in [1.82, 2.24) is 9.80 Å². The largest absolute Gasteiger partial charge is 0.395 e. The quantitative estimate of drug-likeness (QED) is 0.574. The average molecular weight is 456 g/mol. The summed E-state index contributed by atoms with van der Waals surface area (Å²) in [6, 6.07) is 27.1. The number of aryl methyl sites for hydroxylation is 1. The summed E-state index contributed by atoms with van der Waals surface area (Å²) in [5.74, 6) is 0.209. The van der Waals surface area contributed by atoms with E-state index in [-0.39, 0.29) is 30.6 Å². The molecular weight excluding hydrogens is 422 g/mol. The van der Waals surface area contributed by atoms with Crippen molar-refractivity contribution in [1.29, 1.82) is 0 Å². The highest BCUT2D eigenvalue weighted by Crippen LogP contribution is 2.42. The highest BCUT2D eigenvalue weighted by Gasteiger charge is 2.49. The molecular formula is C29H33N3O2. The summed E-state index contributed by atoms with van der Waals surface area (Å²) in [5, 5.41) is 13.3. The molecule has 0 radical (unpaired) electrons. The van der Waals surface area contributed by atoms with Gasteiger partial charge in [0.1, 0.15) is 0 Å². The molecule has 2 heterocycles. The van der Waals surface area contributed by atoms with E-state index in [9.17, 15) is 9.90 Å². The second-order valence-corrected chi connectivity index (χ2v) is 9.47. The summed E-state index contributed by atoms with van der Waals surface area (Å²) in [5.41, 5.74) is 5.77. The molecule has 2 aliphatic rings. The van der Waals surface area contributed by atoms with Gasteiger partial charge in [0.15, 0.2) is 0 Å². The summed E-state index contributed by atoms with van der Waals surface area (Å²) < 4.78 is 0. The fourth-order valence-electron chi connectivity index (χ4n) is 5.63. The normalized spacial score (nSPS) is 22.8. The number of amides is 2. The van der Waals surface area contributed by atoms with Gasteiger partial charge in [0.25, 0.3) is 0 Å². The first kappa shape index (κ1) is 22.6. The second kappa shape index (κ2) is 10.00. The van der Waals surface area contributed by atoms with Crippen molar-refractivity contribution >= 4 is 11.7 Å². The van der Waals surface area contributed by atoms with Gasteiger partial charge in [-0.25, -0.2) is 4.79 Å². The number of benzene rings is 3. The molecule has 2 N–H and O–H groups in total. The lowest BCUT2D eigenvalue weighted by atomic mass is 9.74.